The van der Waals surface area contributed by atoms with Gasteiger partial charge in [0.15, 0.2) is 0 Å². The lowest BCUT2D eigenvalue weighted by atomic mass is 10.0. The summed E-state index contributed by atoms with van der Waals surface area (Å²) in [5, 5.41) is 13.0. The molecular weight excluding hydrogens is 424 g/mol. The lowest BCUT2D eigenvalue weighted by molar-refractivity contribution is 0.122. The van der Waals surface area contributed by atoms with Crippen molar-refractivity contribution in [1.29, 1.82) is 5.26 Å². The van der Waals surface area contributed by atoms with E-state index in [0.29, 0.717) is 17.1 Å². The minimum atomic E-state index is 0.473. The first-order valence-electron chi connectivity index (χ1n) is 10.7. The molecule has 8 heteroatoms. The summed E-state index contributed by atoms with van der Waals surface area (Å²) in [6, 6.07) is 16.1. The third-order valence-corrected chi connectivity index (χ3v) is 6.26. The Morgan fingerprint density at radius 2 is 1.75 bits per heavy atom. The van der Waals surface area contributed by atoms with Crippen LogP contribution in [0.5, 0.6) is 0 Å². The minimum absolute atomic E-state index is 0.473. The first-order valence-corrected chi connectivity index (χ1v) is 11.1. The molecule has 1 N–H and O–H groups in total. The van der Waals surface area contributed by atoms with Gasteiger partial charge in [-0.15, -0.1) is 0 Å². The highest BCUT2D eigenvalue weighted by Crippen LogP contribution is 2.30. The number of hydrogen-bond donors (Lipinski definition) is 1. The van der Waals surface area contributed by atoms with Crippen molar-refractivity contribution >= 4 is 34.5 Å². The maximum absolute atomic E-state index is 9.10. The Morgan fingerprint density at radius 3 is 2.50 bits per heavy atom. The average Bonchev–Trinajstić information content (AvgIpc) is 2.85. The van der Waals surface area contributed by atoms with Crippen LogP contribution in [0.1, 0.15) is 16.8 Å². The molecule has 0 radical (unpaired) electrons. The smallest absolute Gasteiger partial charge is 0.137 e. The summed E-state index contributed by atoms with van der Waals surface area (Å²) < 4.78 is 5.44. The molecule has 5 rings (SSSR count). The van der Waals surface area contributed by atoms with Crippen molar-refractivity contribution in [3.05, 3.63) is 70.6 Å². The first-order chi connectivity index (χ1) is 15.7. The Labute approximate surface area is 192 Å². The van der Waals surface area contributed by atoms with E-state index in [1.807, 2.05) is 12.1 Å². The molecular formula is C24H23ClN6O. The van der Waals surface area contributed by atoms with Crippen LogP contribution in [0, 0.1) is 11.3 Å². The Balaban J connectivity index is 1.31. The number of fused-ring (bicyclic) bond motifs is 1. The van der Waals surface area contributed by atoms with Crippen molar-refractivity contribution in [3.8, 4) is 6.07 Å². The van der Waals surface area contributed by atoms with Crippen LogP contribution in [0.25, 0.3) is 0 Å². The van der Waals surface area contributed by atoms with Gasteiger partial charge in [-0.05, 0) is 48.9 Å². The topological polar surface area (TPSA) is 77.3 Å². The summed E-state index contributed by atoms with van der Waals surface area (Å²) in [6.45, 7) is 4.90. The lowest BCUT2D eigenvalue weighted by Crippen LogP contribution is -2.36. The molecule has 2 aliphatic rings. The van der Waals surface area contributed by atoms with Crippen LogP contribution in [0.4, 0.5) is 22.9 Å². The van der Waals surface area contributed by atoms with Gasteiger partial charge >= 0.3 is 0 Å². The normalized spacial score (nSPS) is 15.8. The molecule has 32 heavy (non-hydrogen) atoms. The van der Waals surface area contributed by atoms with Gasteiger partial charge in [-0.25, -0.2) is 9.97 Å². The highest BCUT2D eigenvalue weighted by molar-refractivity contribution is 6.32. The largest absolute Gasteiger partial charge is 0.378 e. The zero-order chi connectivity index (χ0) is 21.9. The van der Waals surface area contributed by atoms with Crippen molar-refractivity contribution in [2.45, 2.75) is 13.0 Å². The molecule has 0 amide bonds. The van der Waals surface area contributed by atoms with Gasteiger partial charge in [-0.3, -0.25) is 0 Å². The van der Waals surface area contributed by atoms with Gasteiger partial charge < -0.3 is 19.9 Å². The number of morpholine rings is 1. The van der Waals surface area contributed by atoms with Gasteiger partial charge in [0.2, 0.25) is 0 Å². The Morgan fingerprint density at radius 1 is 0.969 bits per heavy atom. The van der Waals surface area contributed by atoms with Crippen molar-refractivity contribution in [2.24, 2.45) is 0 Å². The van der Waals surface area contributed by atoms with Crippen LogP contribution < -0.4 is 15.1 Å². The van der Waals surface area contributed by atoms with Gasteiger partial charge in [0.25, 0.3) is 0 Å². The summed E-state index contributed by atoms with van der Waals surface area (Å²) in [5.41, 5.74) is 5.83. The molecule has 162 valence electrons. The Bertz CT molecular complexity index is 1150. The number of rotatable bonds is 4. The second kappa shape index (κ2) is 9.03. The fourth-order valence-electron chi connectivity index (χ4n) is 4.19. The van der Waals surface area contributed by atoms with E-state index in [1.165, 1.54) is 5.69 Å². The maximum Gasteiger partial charge on any atom is 0.137 e. The van der Waals surface area contributed by atoms with Crippen LogP contribution in [-0.2, 0) is 17.7 Å². The zero-order valence-corrected chi connectivity index (χ0v) is 18.3. The summed E-state index contributed by atoms with van der Waals surface area (Å²) in [6.07, 6.45) is 2.43. The number of nitrogens with one attached hydrogen (secondary N) is 1. The van der Waals surface area contributed by atoms with E-state index in [-0.39, 0.29) is 0 Å². The lowest BCUT2D eigenvalue weighted by Gasteiger charge is -2.31. The fourth-order valence-corrected chi connectivity index (χ4v) is 4.40. The predicted molar refractivity (Wildman–Crippen MR) is 126 cm³/mol. The van der Waals surface area contributed by atoms with E-state index >= 15 is 0 Å². The van der Waals surface area contributed by atoms with E-state index in [4.69, 9.17) is 21.6 Å². The summed E-state index contributed by atoms with van der Waals surface area (Å²) in [4.78, 5) is 13.6. The number of halogens is 1. The van der Waals surface area contributed by atoms with Crippen molar-refractivity contribution in [3.63, 3.8) is 0 Å². The number of nitriles is 1. The molecule has 7 nitrogen and oxygen atoms in total. The van der Waals surface area contributed by atoms with E-state index in [1.54, 1.807) is 12.4 Å². The quantitative estimate of drug-likeness (QED) is 0.645. The molecule has 0 bridgehead atoms. The molecule has 1 fully saturated rings. The number of hydrogen-bond acceptors (Lipinski definition) is 7. The van der Waals surface area contributed by atoms with E-state index in [2.05, 4.69) is 55.4 Å². The molecule has 2 aromatic carbocycles. The Hall–Kier alpha value is -3.34. The minimum Gasteiger partial charge on any atom is -0.378 e. The van der Waals surface area contributed by atoms with Crippen LogP contribution in [0.15, 0.2) is 48.8 Å². The molecule has 3 aromatic rings. The monoisotopic (exact) mass is 446 g/mol. The maximum atomic E-state index is 9.10. The fraction of sp³-hybridized carbons (Fsp3) is 0.292. The van der Waals surface area contributed by atoms with Gasteiger partial charge in [0.05, 0.1) is 36.0 Å². The van der Waals surface area contributed by atoms with E-state index < -0.39 is 0 Å². The van der Waals surface area contributed by atoms with Crippen molar-refractivity contribution in [2.75, 3.05) is 48.0 Å². The molecule has 1 saturated heterocycles. The third-order valence-electron chi connectivity index (χ3n) is 5.95. The van der Waals surface area contributed by atoms with Crippen molar-refractivity contribution < 1.29 is 4.74 Å². The number of ether oxygens (including phenoxy) is 1. The van der Waals surface area contributed by atoms with Crippen LogP contribution in [0.2, 0.25) is 5.02 Å². The molecule has 0 unspecified atom stereocenters. The van der Waals surface area contributed by atoms with Gasteiger partial charge in [0.1, 0.15) is 18.2 Å². The molecule has 0 saturated carbocycles. The number of anilines is 4. The highest BCUT2D eigenvalue weighted by atomic mass is 35.5. The standard InChI is InChI=1S/C24H23ClN6O/c25-22-13-20(4-1-17(22)14-26)31-8-7-21-23(15-31)27-16-28-24(21)29-18-2-5-19(6-3-18)30-9-11-32-12-10-30/h1-6,13,16H,7-12,15H2,(H,27,28,29). The molecule has 0 atom stereocenters. The van der Waals surface area contributed by atoms with Gasteiger partial charge in [-0.1, -0.05) is 11.6 Å². The second-order valence-electron chi connectivity index (χ2n) is 7.87. The van der Waals surface area contributed by atoms with Crippen LogP contribution in [-0.4, -0.2) is 42.8 Å². The zero-order valence-electron chi connectivity index (χ0n) is 17.6. The van der Waals surface area contributed by atoms with E-state index in [0.717, 1.165) is 67.7 Å². The SMILES string of the molecule is N#Cc1ccc(N2CCc3c(ncnc3Nc3ccc(N4CCOCC4)cc3)C2)cc1Cl. The molecule has 3 heterocycles. The third kappa shape index (κ3) is 4.20. The summed E-state index contributed by atoms with van der Waals surface area (Å²) >= 11 is 6.23. The summed E-state index contributed by atoms with van der Waals surface area (Å²) in [5.74, 6) is 0.853. The first kappa shape index (κ1) is 20.6. The van der Waals surface area contributed by atoms with Crippen LogP contribution >= 0.6 is 11.6 Å². The van der Waals surface area contributed by atoms with Crippen LogP contribution in [0.3, 0.4) is 0 Å². The second-order valence-corrected chi connectivity index (χ2v) is 8.27. The van der Waals surface area contributed by atoms with Crippen molar-refractivity contribution in [1.82, 2.24) is 9.97 Å². The molecule has 2 aliphatic heterocycles. The average molecular weight is 447 g/mol. The molecule has 1 aromatic heterocycles. The van der Waals surface area contributed by atoms with Gasteiger partial charge in [-0.2, -0.15) is 5.26 Å². The predicted octanol–water partition coefficient (Wildman–Crippen LogP) is 4.14. The van der Waals surface area contributed by atoms with E-state index in [9.17, 15) is 0 Å². The summed E-state index contributed by atoms with van der Waals surface area (Å²) in [7, 11) is 0. The molecule has 0 spiro atoms. The Kier molecular flexibility index (Phi) is 5.80. The highest BCUT2D eigenvalue weighted by Gasteiger charge is 2.22. The number of aromatic nitrogens is 2. The number of benzene rings is 2. The van der Waals surface area contributed by atoms with Gasteiger partial charge in [0, 0.05) is 42.3 Å². The molecule has 0 aliphatic carbocycles. The number of nitrogens with zero attached hydrogens (tertiary/aromatic N) is 5.